The van der Waals surface area contributed by atoms with Gasteiger partial charge in [-0.2, -0.15) is 0 Å². The zero-order valence-corrected chi connectivity index (χ0v) is 17.3. The molecule has 0 fully saturated rings. The lowest BCUT2D eigenvalue weighted by Gasteiger charge is -2.21. The van der Waals surface area contributed by atoms with Gasteiger partial charge in [-0.25, -0.2) is 17.5 Å². The van der Waals surface area contributed by atoms with Crippen molar-refractivity contribution in [1.82, 2.24) is 14.9 Å². The fourth-order valence-electron chi connectivity index (χ4n) is 3.04. The second-order valence-corrected chi connectivity index (χ2v) is 8.54. The Balaban J connectivity index is 1.97. The van der Waals surface area contributed by atoms with Crippen molar-refractivity contribution in [3.05, 3.63) is 71.8 Å². The van der Waals surface area contributed by atoms with E-state index in [4.69, 9.17) is 0 Å². The van der Waals surface area contributed by atoms with Crippen LogP contribution in [0.15, 0.2) is 60.7 Å². The number of nitrogens with one attached hydrogen (secondary N) is 2. The molecule has 0 aliphatic heterocycles. The van der Waals surface area contributed by atoms with Crippen molar-refractivity contribution in [2.45, 2.75) is 26.3 Å². The van der Waals surface area contributed by atoms with Crippen molar-refractivity contribution < 1.29 is 13.2 Å². The van der Waals surface area contributed by atoms with Crippen molar-refractivity contribution in [3.8, 4) is 0 Å². The molecule has 152 valence electrons. The topological polar surface area (TPSA) is 78.5 Å². The van der Waals surface area contributed by atoms with Gasteiger partial charge in [0.05, 0.1) is 11.8 Å². The predicted molar refractivity (Wildman–Crippen MR) is 113 cm³/mol. The quantitative estimate of drug-likeness (QED) is 0.640. The van der Waals surface area contributed by atoms with Crippen LogP contribution in [0.5, 0.6) is 0 Å². The first kappa shape index (κ1) is 21.9. The Kier molecular flexibility index (Phi) is 8.47. The molecule has 1 atom stereocenters. The van der Waals surface area contributed by atoms with Crippen molar-refractivity contribution >= 4 is 16.1 Å². The number of sulfonamides is 1. The second-order valence-electron chi connectivity index (χ2n) is 6.45. The third-order valence-electron chi connectivity index (χ3n) is 4.53. The summed E-state index contributed by atoms with van der Waals surface area (Å²) in [5, 5.41) is 5.64. The van der Waals surface area contributed by atoms with E-state index in [-0.39, 0.29) is 24.4 Å². The minimum atomic E-state index is -3.36. The molecule has 0 spiro atoms. The highest BCUT2D eigenvalue weighted by atomic mass is 32.2. The molecule has 0 aliphatic rings. The van der Waals surface area contributed by atoms with Gasteiger partial charge in [-0.05, 0) is 17.5 Å². The van der Waals surface area contributed by atoms with E-state index in [9.17, 15) is 13.2 Å². The van der Waals surface area contributed by atoms with Crippen LogP contribution in [0.1, 0.15) is 31.0 Å². The Hall–Kier alpha value is -2.38. The first-order chi connectivity index (χ1) is 13.5. The SMILES string of the molecule is CCN(CC)S(=O)(=O)CCNC(=O)NC(Cc1ccccc1)c1ccccc1. The fraction of sp³-hybridized carbons (Fsp3) is 0.381. The van der Waals surface area contributed by atoms with E-state index < -0.39 is 10.0 Å². The van der Waals surface area contributed by atoms with E-state index in [1.54, 1.807) is 13.8 Å². The molecule has 2 N–H and O–H groups in total. The molecule has 28 heavy (non-hydrogen) atoms. The van der Waals surface area contributed by atoms with Crippen LogP contribution in [0.2, 0.25) is 0 Å². The molecule has 0 bridgehead atoms. The Morgan fingerprint density at radius 2 is 1.54 bits per heavy atom. The molecule has 1 unspecified atom stereocenters. The van der Waals surface area contributed by atoms with Gasteiger partial charge in [0.15, 0.2) is 0 Å². The summed E-state index contributed by atoms with van der Waals surface area (Å²) in [5.74, 6) is -0.114. The van der Waals surface area contributed by atoms with Crippen LogP contribution in [0, 0.1) is 0 Å². The molecule has 7 heteroatoms. The first-order valence-corrected chi connectivity index (χ1v) is 11.2. The highest BCUT2D eigenvalue weighted by Crippen LogP contribution is 2.18. The molecule has 0 saturated heterocycles. The largest absolute Gasteiger partial charge is 0.337 e. The summed E-state index contributed by atoms with van der Waals surface area (Å²) < 4.78 is 25.8. The molecule has 0 aromatic heterocycles. The Morgan fingerprint density at radius 1 is 0.964 bits per heavy atom. The molecular weight excluding hydrogens is 374 g/mol. The summed E-state index contributed by atoms with van der Waals surface area (Å²) in [6, 6.07) is 19.1. The number of benzene rings is 2. The summed E-state index contributed by atoms with van der Waals surface area (Å²) in [4.78, 5) is 12.4. The maximum atomic E-state index is 12.4. The average Bonchev–Trinajstić information content (AvgIpc) is 2.69. The number of amides is 2. The van der Waals surface area contributed by atoms with E-state index in [1.807, 2.05) is 60.7 Å². The molecule has 2 rings (SSSR count). The molecule has 0 aliphatic carbocycles. The fourth-order valence-corrected chi connectivity index (χ4v) is 4.44. The lowest BCUT2D eigenvalue weighted by Crippen LogP contribution is -2.42. The molecular formula is C21H29N3O3S. The van der Waals surface area contributed by atoms with Crippen molar-refractivity contribution in [3.63, 3.8) is 0 Å². The van der Waals surface area contributed by atoms with Gasteiger partial charge >= 0.3 is 6.03 Å². The normalized spacial score (nSPS) is 12.5. The number of hydrogen-bond acceptors (Lipinski definition) is 3. The second kappa shape index (κ2) is 10.8. The zero-order valence-electron chi connectivity index (χ0n) is 16.5. The van der Waals surface area contributed by atoms with Gasteiger partial charge in [-0.15, -0.1) is 0 Å². The predicted octanol–water partition coefficient (Wildman–Crippen LogP) is 2.94. The molecule has 0 saturated carbocycles. The van der Waals surface area contributed by atoms with Gasteiger partial charge in [0.1, 0.15) is 0 Å². The zero-order chi connectivity index (χ0) is 20.4. The highest BCUT2D eigenvalue weighted by molar-refractivity contribution is 7.89. The Labute approximate surface area is 168 Å². The van der Waals surface area contributed by atoms with Crippen LogP contribution < -0.4 is 10.6 Å². The van der Waals surface area contributed by atoms with Crippen molar-refractivity contribution in [2.75, 3.05) is 25.4 Å². The minimum Gasteiger partial charge on any atom is -0.337 e. The number of carbonyl (C=O) groups excluding carboxylic acids is 1. The van der Waals surface area contributed by atoms with Crippen LogP contribution >= 0.6 is 0 Å². The summed E-state index contributed by atoms with van der Waals surface area (Å²) in [6.45, 7) is 4.53. The van der Waals surface area contributed by atoms with Crippen LogP contribution in [-0.4, -0.2) is 44.1 Å². The summed E-state index contributed by atoms with van der Waals surface area (Å²) >= 11 is 0. The van der Waals surface area contributed by atoms with E-state index in [2.05, 4.69) is 10.6 Å². The van der Waals surface area contributed by atoms with Crippen LogP contribution in [-0.2, 0) is 16.4 Å². The third-order valence-corrected chi connectivity index (χ3v) is 6.56. The number of hydrogen-bond donors (Lipinski definition) is 2. The summed E-state index contributed by atoms with van der Waals surface area (Å²) in [7, 11) is -3.36. The van der Waals surface area contributed by atoms with E-state index in [1.165, 1.54) is 4.31 Å². The molecule has 2 aromatic carbocycles. The lowest BCUT2D eigenvalue weighted by atomic mass is 9.99. The lowest BCUT2D eigenvalue weighted by molar-refractivity contribution is 0.237. The smallest absolute Gasteiger partial charge is 0.315 e. The molecule has 0 radical (unpaired) electrons. The molecule has 2 amide bonds. The number of urea groups is 1. The number of nitrogens with zero attached hydrogens (tertiary/aromatic N) is 1. The number of carbonyl (C=O) groups is 1. The van der Waals surface area contributed by atoms with Gasteiger partial charge in [0, 0.05) is 19.6 Å². The van der Waals surface area contributed by atoms with E-state index in [0.29, 0.717) is 19.5 Å². The number of rotatable bonds is 10. The van der Waals surface area contributed by atoms with Gasteiger partial charge in [-0.3, -0.25) is 0 Å². The average molecular weight is 404 g/mol. The molecule has 6 nitrogen and oxygen atoms in total. The standard InChI is InChI=1S/C21H29N3O3S/c1-3-24(4-2)28(26,27)16-15-22-21(25)23-20(19-13-9-6-10-14-19)17-18-11-7-5-8-12-18/h5-14,20H,3-4,15-17H2,1-2H3,(H2,22,23,25). The first-order valence-electron chi connectivity index (χ1n) is 9.57. The van der Waals surface area contributed by atoms with Gasteiger partial charge in [0.2, 0.25) is 10.0 Å². The van der Waals surface area contributed by atoms with Gasteiger partial charge < -0.3 is 10.6 Å². The molecule has 0 heterocycles. The van der Waals surface area contributed by atoms with Crippen LogP contribution in [0.3, 0.4) is 0 Å². The van der Waals surface area contributed by atoms with Crippen LogP contribution in [0.4, 0.5) is 4.79 Å². The summed E-state index contributed by atoms with van der Waals surface area (Å²) in [6.07, 6.45) is 0.649. The van der Waals surface area contributed by atoms with Gasteiger partial charge in [-0.1, -0.05) is 74.5 Å². The Morgan fingerprint density at radius 3 is 2.11 bits per heavy atom. The highest BCUT2D eigenvalue weighted by Gasteiger charge is 2.19. The minimum absolute atomic E-state index is 0.0670. The summed E-state index contributed by atoms with van der Waals surface area (Å²) in [5.41, 5.74) is 2.11. The van der Waals surface area contributed by atoms with Gasteiger partial charge in [0.25, 0.3) is 0 Å². The van der Waals surface area contributed by atoms with E-state index >= 15 is 0 Å². The van der Waals surface area contributed by atoms with Crippen LogP contribution in [0.25, 0.3) is 0 Å². The van der Waals surface area contributed by atoms with Crippen molar-refractivity contribution in [2.24, 2.45) is 0 Å². The van der Waals surface area contributed by atoms with E-state index in [0.717, 1.165) is 11.1 Å². The van der Waals surface area contributed by atoms with Crippen molar-refractivity contribution in [1.29, 1.82) is 0 Å². The molecule has 2 aromatic rings. The monoisotopic (exact) mass is 403 g/mol. The Bertz CT molecular complexity index is 822. The third kappa shape index (κ3) is 6.65. The maximum absolute atomic E-state index is 12.4. The maximum Gasteiger partial charge on any atom is 0.315 e.